The molecule has 0 radical (unpaired) electrons. The molecule has 0 saturated carbocycles. The summed E-state index contributed by atoms with van der Waals surface area (Å²) < 4.78 is 5.36. The van der Waals surface area contributed by atoms with Gasteiger partial charge in [0.2, 0.25) is 0 Å². The summed E-state index contributed by atoms with van der Waals surface area (Å²) in [6.07, 6.45) is 3.71. The third kappa shape index (κ3) is 3.49. The minimum atomic E-state index is 0.501. The number of rotatable bonds is 4. The van der Waals surface area contributed by atoms with Gasteiger partial charge in [-0.25, -0.2) is 0 Å². The lowest BCUT2D eigenvalue weighted by molar-refractivity contribution is 0.363. The minimum Gasteiger partial charge on any atom is -0.488 e. The Balaban J connectivity index is 2.45. The summed E-state index contributed by atoms with van der Waals surface area (Å²) in [5, 5.41) is 0.628. The van der Waals surface area contributed by atoms with Crippen LogP contribution in [0, 0.1) is 0 Å². The van der Waals surface area contributed by atoms with E-state index in [9.17, 15) is 0 Å². The highest BCUT2D eigenvalue weighted by molar-refractivity contribution is 6.32. The largest absolute Gasteiger partial charge is 0.488 e. The van der Waals surface area contributed by atoms with Gasteiger partial charge in [-0.1, -0.05) is 35.9 Å². The Morgan fingerprint density at radius 2 is 2.08 bits per heavy atom. The maximum Gasteiger partial charge on any atom is 0.138 e. The second-order valence-corrected chi connectivity index (χ2v) is 2.86. The lowest BCUT2D eigenvalue weighted by Gasteiger charge is -2.03. The van der Waals surface area contributed by atoms with Gasteiger partial charge in [0.1, 0.15) is 12.4 Å². The van der Waals surface area contributed by atoms with Crippen LogP contribution in [-0.4, -0.2) is 13.2 Å². The van der Waals surface area contributed by atoms with E-state index in [1.165, 1.54) is 0 Å². The molecule has 1 aromatic carbocycles. The van der Waals surface area contributed by atoms with Crippen LogP contribution in [0.25, 0.3) is 0 Å². The molecular weight excluding hydrogens is 186 g/mol. The number of ether oxygens (including phenoxy) is 1. The van der Waals surface area contributed by atoms with Crippen molar-refractivity contribution in [3.63, 3.8) is 0 Å². The second-order valence-electron chi connectivity index (χ2n) is 2.45. The Kier molecular flexibility index (Phi) is 4.36. The maximum absolute atomic E-state index is 5.86. The third-order valence-electron chi connectivity index (χ3n) is 1.47. The number of hydrogen-bond donors (Lipinski definition) is 1. The molecule has 2 N–H and O–H groups in total. The van der Waals surface area contributed by atoms with E-state index >= 15 is 0 Å². The molecule has 2 nitrogen and oxygen atoms in total. The third-order valence-corrected chi connectivity index (χ3v) is 1.79. The van der Waals surface area contributed by atoms with Gasteiger partial charge in [-0.2, -0.15) is 0 Å². The van der Waals surface area contributed by atoms with Crippen molar-refractivity contribution in [3.8, 4) is 5.75 Å². The van der Waals surface area contributed by atoms with Crippen LogP contribution in [0.15, 0.2) is 36.4 Å². The Morgan fingerprint density at radius 3 is 2.77 bits per heavy atom. The van der Waals surface area contributed by atoms with Crippen LogP contribution in [0.4, 0.5) is 0 Å². The maximum atomic E-state index is 5.86. The molecule has 1 aromatic rings. The average molecular weight is 198 g/mol. The lowest BCUT2D eigenvalue weighted by atomic mass is 10.3. The van der Waals surface area contributed by atoms with E-state index in [1.54, 1.807) is 6.07 Å². The number of halogens is 1. The van der Waals surface area contributed by atoms with Crippen LogP contribution in [0.1, 0.15) is 0 Å². The molecule has 0 aliphatic rings. The highest BCUT2D eigenvalue weighted by Gasteiger charge is 1.96. The summed E-state index contributed by atoms with van der Waals surface area (Å²) in [5.41, 5.74) is 5.27. The summed E-state index contributed by atoms with van der Waals surface area (Å²) in [4.78, 5) is 0. The Hall–Kier alpha value is -0.990. The zero-order valence-corrected chi connectivity index (χ0v) is 8.00. The fraction of sp³-hybridized carbons (Fsp3) is 0.200. The Bertz CT molecular complexity index is 286. The average Bonchev–Trinajstić information content (AvgIpc) is 2.15. The lowest BCUT2D eigenvalue weighted by Crippen LogP contribution is -1.97. The van der Waals surface area contributed by atoms with Crippen molar-refractivity contribution in [2.45, 2.75) is 0 Å². The molecular formula is C10H12ClNO. The molecule has 0 heterocycles. The van der Waals surface area contributed by atoms with Crippen molar-refractivity contribution in [1.82, 2.24) is 0 Å². The molecule has 0 aliphatic carbocycles. The number of para-hydroxylation sites is 1. The second kappa shape index (κ2) is 5.62. The van der Waals surface area contributed by atoms with E-state index in [1.807, 2.05) is 30.4 Å². The van der Waals surface area contributed by atoms with Gasteiger partial charge in [-0.05, 0) is 12.1 Å². The first-order valence-corrected chi connectivity index (χ1v) is 4.45. The first-order chi connectivity index (χ1) is 6.34. The van der Waals surface area contributed by atoms with Gasteiger partial charge in [0.15, 0.2) is 0 Å². The van der Waals surface area contributed by atoms with Crippen molar-refractivity contribution in [1.29, 1.82) is 0 Å². The van der Waals surface area contributed by atoms with Gasteiger partial charge >= 0.3 is 0 Å². The SMILES string of the molecule is NCC=CCOc1ccccc1Cl. The van der Waals surface area contributed by atoms with Crippen molar-refractivity contribution in [2.75, 3.05) is 13.2 Å². The smallest absolute Gasteiger partial charge is 0.138 e. The molecule has 0 spiro atoms. The Morgan fingerprint density at radius 1 is 1.31 bits per heavy atom. The van der Waals surface area contributed by atoms with Gasteiger partial charge in [0.25, 0.3) is 0 Å². The normalized spacial score (nSPS) is 10.6. The van der Waals surface area contributed by atoms with E-state index in [-0.39, 0.29) is 0 Å². The zero-order valence-electron chi connectivity index (χ0n) is 7.24. The number of nitrogens with two attached hydrogens (primary N) is 1. The van der Waals surface area contributed by atoms with Crippen molar-refractivity contribution < 1.29 is 4.74 Å². The monoisotopic (exact) mass is 197 g/mol. The van der Waals surface area contributed by atoms with E-state index in [4.69, 9.17) is 22.1 Å². The van der Waals surface area contributed by atoms with Gasteiger partial charge in [0.05, 0.1) is 5.02 Å². The number of benzene rings is 1. The molecule has 0 atom stereocenters. The zero-order chi connectivity index (χ0) is 9.52. The molecule has 0 amide bonds. The van der Waals surface area contributed by atoms with Crippen LogP contribution < -0.4 is 10.5 Å². The van der Waals surface area contributed by atoms with E-state index in [0.29, 0.717) is 23.9 Å². The summed E-state index contributed by atoms with van der Waals surface area (Å²) in [7, 11) is 0. The molecule has 13 heavy (non-hydrogen) atoms. The molecule has 0 unspecified atom stereocenters. The molecule has 1 rings (SSSR count). The van der Waals surface area contributed by atoms with Crippen LogP contribution in [0.2, 0.25) is 5.02 Å². The fourth-order valence-corrected chi connectivity index (χ4v) is 1.05. The van der Waals surface area contributed by atoms with Gasteiger partial charge < -0.3 is 10.5 Å². The topological polar surface area (TPSA) is 35.2 Å². The number of hydrogen-bond acceptors (Lipinski definition) is 2. The highest BCUT2D eigenvalue weighted by Crippen LogP contribution is 2.22. The summed E-state index contributed by atoms with van der Waals surface area (Å²) in [5.74, 6) is 0.700. The van der Waals surface area contributed by atoms with Crippen molar-refractivity contribution >= 4 is 11.6 Å². The molecule has 3 heteroatoms. The van der Waals surface area contributed by atoms with E-state index in [2.05, 4.69) is 0 Å². The van der Waals surface area contributed by atoms with E-state index in [0.717, 1.165) is 0 Å². The Labute approximate surface area is 83.0 Å². The van der Waals surface area contributed by atoms with Gasteiger partial charge in [-0.15, -0.1) is 0 Å². The van der Waals surface area contributed by atoms with Crippen LogP contribution in [0.5, 0.6) is 5.75 Å². The minimum absolute atomic E-state index is 0.501. The standard InChI is InChI=1S/C10H12ClNO/c11-9-5-1-2-6-10(9)13-8-4-3-7-12/h1-6H,7-8,12H2. The predicted molar refractivity (Wildman–Crippen MR) is 55.1 cm³/mol. The van der Waals surface area contributed by atoms with Crippen LogP contribution in [0.3, 0.4) is 0 Å². The molecule has 70 valence electrons. The summed E-state index contributed by atoms with van der Waals surface area (Å²) >= 11 is 5.86. The predicted octanol–water partition coefficient (Wildman–Crippen LogP) is 2.23. The van der Waals surface area contributed by atoms with Gasteiger partial charge in [0, 0.05) is 6.54 Å². The summed E-state index contributed by atoms with van der Waals surface area (Å²) in [6, 6.07) is 7.38. The molecule has 0 aliphatic heterocycles. The highest BCUT2D eigenvalue weighted by atomic mass is 35.5. The van der Waals surface area contributed by atoms with Crippen molar-refractivity contribution in [2.24, 2.45) is 5.73 Å². The summed E-state index contributed by atoms with van der Waals surface area (Å²) in [6.45, 7) is 1.03. The van der Waals surface area contributed by atoms with Gasteiger partial charge in [-0.3, -0.25) is 0 Å². The van der Waals surface area contributed by atoms with Crippen molar-refractivity contribution in [3.05, 3.63) is 41.4 Å². The molecule has 0 aromatic heterocycles. The van der Waals surface area contributed by atoms with Crippen LogP contribution in [-0.2, 0) is 0 Å². The fourth-order valence-electron chi connectivity index (χ4n) is 0.864. The molecule has 0 saturated heterocycles. The van der Waals surface area contributed by atoms with E-state index < -0.39 is 0 Å². The first kappa shape index (κ1) is 10.1. The quantitative estimate of drug-likeness (QED) is 0.752. The molecule has 0 bridgehead atoms. The first-order valence-electron chi connectivity index (χ1n) is 4.07. The van der Waals surface area contributed by atoms with Crippen LogP contribution >= 0.6 is 11.6 Å². The molecule has 0 fully saturated rings.